The summed E-state index contributed by atoms with van der Waals surface area (Å²) in [7, 11) is 0. The van der Waals surface area contributed by atoms with Gasteiger partial charge in [-0.2, -0.15) is 4.99 Å². The van der Waals surface area contributed by atoms with E-state index in [9.17, 15) is 4.79 Å². The topological polar surface area (TPSA) is 29.4 Å². The molecule has 2 nitrogen and oxygen atoms in total. The van der Waals surface area contributed by atoms with E-state index in [2.05, 4.69) is 4.99 Å². The molecule has 0 bridgehead atoms. The van der Waals surface area contributed by atoms with Crippen molar-refractivity contribution in [1.29, 1.82) is 0 Å². The van der Waals surface area contributed by atoms with Crippen LogP contribution in [0, 0.1) is 0 Å². The van der Waals surface area contributed by atoms with Crippen LogP contribution >= 0.6 is 11.6 Å². The van der Waals surface area contributed by atoms with E-state index >= 15 is 0 Å². The normalized spacial score (nSPS) is 10.3. The Balaban J connectivity index is 2.31. The van der Waals surface area contributed by atoms with Gasteiger partial charge in [0.2, 0.25) is 6.08 Å². The highest BCUT2D eigenvalue weighted by Gasteiger charge is 1.96. The van der Waals surface area contributed by atoms with Crippen LogP contribution in [0.3, 0.4) is 0 Å². The minimum Gasteiger partial charge on any atom is -0.211 e. The molecule has 0 aromatic heterocycles. The van der Waals surface area contributed by atoms with Crippen LogP contribution in [0.25, 0.3) is 12.2 Å². The van der Waals surface area contributed by atoms with Crippen molar-refractivity contribution >= 4 is 35.5 Å². The van der Waals surface area contributed by atoms with Crippen molar-refractivity contribution in [2.24, 2.45) is 4.99 Å². The molecule has 0 aliphatic rings. The summed E-state index contributed by atoms with van der Waals surface area (Å²) < 4.78 is 0. The second kappa shape index (κ2) is 5.97. The number of para-hydroxylation sites is 1. The van der Waals surface area contributed by atoms with Crippen LogP contribution in [0.4, 0.5) is 5.69 Å². The number of hydrogen-bond acceptors (Lipinski definition) is 2. The Morgan fingerprint density at radius 2 is 1.89 bits per heavy atom. The maximum absolute atomic E-state index is 10.3. The smallest absolute Gasteiger partial charge is 0.211 e. The van der Waals surface area contributed by atoms with Crippen molar-refractivity contribution < 1.29 is 4.79 Å². The lowest BCUT2D eigenvalue weighted by Crippen LogP contribution is -1.75. The average Bonchev–Trinajstić information content (AvgIpc) is 2.38. The second-order valence-electron chi connectivity index (χ2n) is 3.65. The molecular formula is C15H10ClNO. The van der Waals surface area contributed by atoms with Gasteiger partial charge in [0.05, 0.1) is 5.69 Å². The van der Waals surface area contributed by atoms with E-state index in [1.807, 2.05) is 54.6 Å². The number of benzene rings is 2. The molecule has 0 fully saturated rings. The Hall–Kier alpha value is -2.15. The fourth-order valence-electron chi connectivity index (χ4n) is 1.58. The lowest BCUT2D eigenvalue weighted by molar-refractivity contribution is 0.565. The number of aliphatic imine (C=N–C) groups is 1. The summed E-state index contributed by atoms with van der Waals surface area (Å²) in [4.78, 5) is 14.0. The summed E-state index contributed by atoms with van der Waals surface area (Å²) in [5, 5.41) is 0.691. The van der Waals surface area contributed by atoms with Crippen LogP contribution in [0.15, 0.2) is 53.5 Å². The van der Waals surface area contributed by atoms with Gasteiger partial charge in [-0.1, -0.05) is 54.1 Å². The summed E-state index contributed by atoms with van der Waals surface area (Å²) in [6, 6.07) is 14.9. The van der Waals surface area contributed by atoms with E-state index in [1.165, 1.54) is 0 Å². The van der Waals surface area contributed by atoms with Gasteiger partial charge in [-0.15, -0.1) is 0 Å². The van der Waals surface area contributed by atoms with Crippen molar-refractivity contribution in [1.82, 2.24) is 0 Å². The first-order valence-corrected chi connectivity index (χ1v) is 5.78. The predicted molar refractivity (Wildman–Crippen MR) is 74.6 cm³/mol. The van der Waals surface area contributed by atoms with E-state index in [0.29, 0.717) is 10.7 Å². The Morgan fingerprint density at radius 1 is 1.06 bits per heavy atom. The van der Waals surface area contributed by atoms with Crippen molar-refractivity contribution in [2.75, 3.05) is 0 Å². The quantitative estimate of drug-likeness (QED) is 0.452. The number of nitrogens with zero attached hydrogens (tertiary/aromatic N) is 1. The number of isocyanates is 1. The molecule has 18 heavy (non-hydrogen) atoms. The van der Waals surface area contributed by atoms with Crippen LogP contribution in [0.5, 0.6) is 0 Å². The average molecular weight is 256 g/mol. The summed E-state index contributed by atoms with van der Waals surface area (Å²) >= 11 is 5.90. The second-order valence-corrected chi connectivity index (χ2v) is 4.09. The molecule has 0 radical (unpaired) electrons. The lowest BCUT2D eigenvalue weighted by Gasteiger charge is -1.98. The third-order valence-electron chi connectivity index (χ3n) is 2.41. The van der Waals surface area contributed by atoms with Crippen molar-refractivity contribution in [3.63, 3.8) is 0 Å². The zero-order chi connectivity index (χ0) is 12.8. The SMILES string of the molecule is O=C=Nc1ccccc1C=Cc1cccc(Cl)c1. The number of hydrogen-bond donors (Lipinski definition) is 0. The summed E-state index contributed by atoms with van der Waals surface area (Å²) in [6.07, 6.45) is 5.36. The molecule has 2 aromatic carbocycles. The summed E-state index contributed by atoms with van der Waals surface area (Å²) in [5.41, 5.74) is 2.46. The predicted octanol–water partition coefficient (Wildman–Crippen LogP) is 4.48. The van der Waals surface area contributed by atoms with E-state index < -0.39 is 0 Å². The van der Waals surface area contributed by atoms with Gasteiger partial charge in [-0.3, -0.25) is 0 Å². The van der Waals surface area contributed by atoms with Crippen LogP contribution in [0.2, 0.25) is 5.02 Å². The standard InChI is InChI=1S/C15H10ClNO/c16-14-6-3-4-12(10-14)8-9-13-5-1-2-7-15(13)17-11-18/h1-10H. The highest BCUT2D eigenvalue weighted by atomic mass is 35.5. The van der Waals surface area contributed by atoms with Crippen LogP contribution < -0.4 is 0 Å². The highest BCUT2D eigenvalue weighted by Crippen LogP contribution is 2.21. The monoisotopic (exact) mass is 255 g/mol. The van der Waals surface area contributed by atoms with Gasteiger partial charge in [0, 0.05) is 10.6 Å². The molecule has 0 spiro atoms. The number of carbonyl (C=O) groups excluding carboxylic acids is 1. The Labute approximate surface area is 110 Å². The Bertz CT molecular complexity index is 628. The van der Waals surface area contributed by atoms with Crippen molar-refractivity contribution in [3.05, 3.63) is 64.7 Å². The maximum atomic E-state index is 10.3. The zero-order valence-corrected chi connectivity index (χ0v) is 10.3. The molecule has 0 heterocycles. The van der Waals surface area contributed by atoms with E-state index in [1.54, 1.807) is 12.1 Å². The molecule has 0 N–H and O–H groups in total. The van der Waals surface area contributed by atoms with Gasteiger partial charge < -0.3 is 0 Å². The van der Waals surface area contributed by atoms with Gasteiger partial charge >= 0.3 is 0 Å². The molecule has 0 unspecified atom stereocenters. The van der Waals surface area contributed by atoms with Gasteiger partial charge in [-0.25, -0.2) is 4.79 Å². The molecule has 0 amide bonds. The van der Waals surface area contributed by atoms with E-state index in [-0.39, 0.29) is 0 Å². The Kier molecular flexibility index (Phi) is 4.08. The fraction of sp³-hybridized carbons (Fsp3) is 0. The molecule has 0 saturated carbocycles. The zero-order valence-electron chi connectivity index (χ0n) is 9.51. The van der Waals surface area contributed by atoms with Gasteiger partial charge in [0.25, 0.3) is 0 Å². The van der Waals surface area contributed by atoms with Crippen molar-refractivity contribution in [3.8, 4) is 0 Å². The minimum atomic E-state index is 0.603. The Morgan fingerprint density at radius 3 is 2.67 bits per heavy atom. The summed E-state index contributed by atoms with van der Waals surface area (Å²) in [6.45, 7) is 0. The molecule has 88 valence electrons. The van der Waals surface area contributed by atoms with Crippen LogP contribution in [-0.4, -0.2) is 6.08 Å². The molecule has 2 aromatic rings. The molecule has 2 rings (SSSR count). The molecule has 0 aliphatic heterocycles. The maximum Gasteiger partial charge on any atom is 0.240 e. The number of halogens is 1. The summed E-state index contributed by atoms with van der Waals surface area (Å²) in [5.74, 6) is 0. The minimum absolute atomic E-state index is 0.603. The first kappa shape index (κ1) is 12.3. The number of rotatable bonds is 3. The van der Waals surface area contributed by atoms with E-state index in [4.69, 9.17) is 11.6 Å². The lowest BCUT2D eigenvalue weighted by atomic mass is 10.1. The first-order chi connectivity index (χ1) is 8.79. The van der Waals surface area contributed by atoms with E-state index in [0.717, 1.165) is 11.1 Å². The van der Waals surface area contributed by atoms with Crippen molar-refractivity contribution in [2.45, 2.75) is 0 Å². The third kappa shape index (κ3) is 3.17. The largest absolute Gasteiger partial charge is 0.240 e. The van der Waals surface area contributed by atoms with Gasteiger partial charge in [0.15, 0.2) is 0 Å². The molecule has 3 heteroatoms. The van der Waals surface area contributed by atoms with Gasteiger partial charge in [0.1, 0.15) is 0 Å². The molecule has 0 aliphatic carbocycles. The van der Waals surface area contributed by atoms with Crippen LogP contribution in [0.1, 0.15) is 11.1 Å². The molecule has 0 atom stereocenters. The fourth-order valence-corrected chi connectivity index (χ4v) is 1.77. The van der Waals surface area contributed by atoms with Crippen LogP contribution in [-0.2, 0) is 4.79 Å². The van der Waals surface area contributed by atoms with Gasteiger partial charge in [-0.05, 0) is 23.8 Å². The molecule has 0 saturated heterocycles. The molecular weight excluding hydrogens is 246 g/mol. The first-order valence-electron chi connectivity index (χ1n) is 5.40. The highest BCUT2D eigenvalue weighted by molar-refractivity contribution is 6.30. The third-order valence-corrected chi connectivity index (χ3v) is 2.64.